The van der Waals surface area contributed by atoms with Crippen LogP contribution >= 0.6 is 7.82 Å². The van der Waals surface area contributed by atoms with E-state index in [0.29, 0.717) is 12.8 Å². The van der Waals surface area contributed by atoms with Gasteiger partial charge in [0, 0.05) is 12.8 Å². The molecule has 0 fully saturated rings. The summed E-state index contributed by atoms with van der Waals surface area (Å²) in [7, 11) is -4.60. The van der Waals surface area contributed by atoms with Gasteiger partial charge in [0.15, 0.2) is 6.10 Å². The molecule has 3 unspecified atom stereocenters. The van der Waals surface area contributed by atoms with Crippen LogP contribution in [-0.2, 0) is 32.7 Å². The smallest absolute Gasteiger partial charge is 0.462 e. The minimum Gasteiger partial charge on any atom is -0.462 e. The van der Waals surface area contributed by atoms with Crippen molar-refractivity contribution in [1.82, 2.24) is 0 Å². The highest BCUT2D eigenvalue weighted by atomic mass is 31.2. The number of rotatable bonds is 38. The lowest BCUT2D eigenvalue weighted by molar-refractivity contribution is -0.161. The van der Waals surface area contributed by atoms with Crippen LogP contribution in [0.25, 0.3) is 0 Å². The van der Waals surface area contributed by atoms with E-state index in [1.165, 1.54) is 116 Å². The number of carbonyl (C=O) groups is 2. The quantitative estimate of drug-likeness (QED) is 0.0319. The first-order valence-electron chi connectivity index (χ1n) is 20.0. The first kappa shape index (κ1) is 48.0. The molecule has 292 valence electrons. The zero-order chi connectivity index (χ0) is 36.3. The maximum absolute atomic E-state index is 12.5. The summed E-state index contributed by atoms with van der Waals surface area (Å²) in [5, 5.41) is 18.3. The highest BCUT2D eigenvalue weighted by molar-refractivity contribution is 7.47. The lowest BCUT2D eigenvalue weighted by Crippen LogP contribution is -2.29. The summed E-state index contributed by atoms with van der Waals surface area (Å²) < 4.78 is 32.6. The van der Waals surface area contributed by atoms with Crippen LogP contribution in [0.15, 0.2) is 0 Å². The van der Waals surface area contributed by atoms with Crippen molar-refractivity contribution in [1.29, 1.82) is 0 Å². The normalized spacial score (nSPS) is 14.0. The summed E-state index contributed by atoms with van der Waals surface area (Å²) >= 11 is 0. The molecule has 3 N–H and O–H groups in total. The maximum Gasteiger partial charge on any atom is 0.472 e. The van der Waals surface area contributed by atoms with Gasteiger partial charge in [-0.25, -0.2) is 4.57 Å². The van der Waals surface area contributed by atoms with Crippen LogP contribution in [-0.4, -0.2) is 65.7 Å². The van der Waals surface area contributed by atoms with Gasteiger partial charge in [-0.3, -0.25) is 18.6 Å². The minimum absolute atomic E-state index is 0.192. The number of aliphatic hydroxyl groups is 2. The molecule has 0 spiro atoms. The van der Waals surface area contributed by atoms with Gasteiger partial charge >= 0.3 is 19.8 Å². The summed E-state index contributed by atoms with van der Waals surface area (Å²) in [5.41, 5.74) is 0. The number of ether oxygens (including phenoxy) is 2. The van der Waals surface area contributed by atoms with Crippen molar-refractivity contribution in [2.75, 3.05) is 26.4 Å². The number of aliphatic hydroxyl groups excluding tert-OH is 2. The van der Waals surface area contributed by atoms with Crippen LogP contribution in [0.2, 0.25) is 0 Å². The van der Waals surface area contributed by atoms with Crippen molar-refractivity contribution < 1.29 is 47.8 Å². The van der Waals surface area contributed by atoms with Crippen molar-refractivity contribution >= 4 is 19.8 Å². The fourth-order valence-electron chi connectivity index (χ4n) is 5.64. The third kappa shape index (κ3) is 35.2. The van der Waals surface area contributed by atoms with Gasteiger partial charge < -0.3 is 24.6 Å². The lowest BCUT2D eigenvalue weighted by Gasteiger charge is -2.20. The van der Waals surface area contributed by atoms with Crippen molar-refractivity contribution in [3.05, 3.63) is 0 Å². The largest absolute Gasteiger partial charge is 0.472 e. The second-order valence-electron chi connectivity index (χ2n) is 13.7. The van der Waals surface area contributed by atoms with Gasteiger partial charge in [-0.15, -0.1) is 0 Å². The van der Waals surface area contributed by atoms with E-state index in [2.05, 4.69) is 18.4 Å². The molecule has 0 aliphatic carbocycles. The van der Waals surface area contributed by atoms with E-state index in [-0.39, 0.29) is 19.4 Å². The van der Waals surface area contributed by atoms with E-state index in [1.54, 1.807) is 0 Å². The molecular weight excluding hydrogens is 647 g/mol. The number of phosphoric ester groups is 1. The lowest BCUT2D eigenvalue weighted by atomic mass is 10.0. The average Bonchev–Trinajstić information content (AvgIpc) is 3.09. The molecule has 0 amide bonds. The second kappa shape index (κ2) is 35.4. The van der Waals surface area contributed by atoms with Crippen LogP contribution in [0.4, 0.5) is 0 Å². The van der Waals surface area contributed by atoms with Crippen LogP contribution in [0.3, 0.4) is 0 Å². The van der Waals surface area contributed by atoms with Crippen molar-refractivity contribution in [2.45, 2.75) is 206 Å². The van der Waals surface area contributed by atoms with E-state index < -0.39 is 51.8 Å². The molecule has 0 aromatic carbocycles. The maximum atomic E-state index is 12.5. The minimum atomic E-state index is -4.60. The molecule has 0 aromatic heterocycles. The highest BCUT2D eigenvalue weighted by Crippen LogP contribution is 2.43. The Hall–Kier alpha value is -1.03. The summed E-state index contributed by atoms with van der Waals surface area (Å²) in [6, 6.07) is 0. The number of esters is 2. The average molecular weight is 723 g/mol. The van der Waals surface area contributed by atoms with E-state index in [4.69, 9.17) is 19.1 Å². The Morgan fingerprint density at radius 3 is 1.27 bits per heavy atom. The molecule has 0 aromatic rings. The predicted molar refractivity (Wildman–Crippen MR) is 196 cm³/mol. The molecule has 0 rings (SSSR count). The van der Waals surface area contributed by atoms with E-state index in [9.17, 15) is 24.2 Å². The van der Waals surface area contributed by atoms with E-state index >= 15 is 0 Å². The van der Waals surface area contributed by atoms with Gasteiger partial charge in [0.05, 0.1) is 19.8 Å². The fraction of sp³-hybridized carbons (Fsp3) is 0.947. The molecule has 0 saturated heterocycles. The van der Waals surface area contributed by atoms with E-state index in [1.807, 2.05) is 0 Å². The fourth-order valence-corrected chi connectivity index (χ4v) is 6.43. The number of phosphoric acid groups is 1. The molecule has 0 saturated carbocycles. The number of hydrogen-bond donors (Lipinski definition) is 3. The van der Waals surface area contributed by atoms with Crippen molar-refractivity contribution in [3.8, 4) is 0 Å². The highest BCUT2D eigenvalue weighted by Gasteiger charge is 2.27. The van der Waals surface area contributed by atoms with Gasteiger partial charge in [-0.1, -0.05) is 168 Å². The number of carbonyl (C=O) groups excluding carboxylic acids is 2. The van der Waals surface area contributed by atoms with Gasteiger partial charge in [0.1, 0.15) is 12.7 Å². The SMILES string of the molecule is CCCCCCCCCCCCCCCC(=O)OCC(COP(=O)(O)OCC(O)CO)OC(=O)CCCCCCCCCCCCCCC. The number of unbranched alkanes of at least 4 members (excludes halogenated alkanes) is 24. The van der Waals surface area contributed by atoms with Crippen LogP contribution < -0.4 is 0 Å². The molecule has 3 atom stereocenters. The Bertz CT molecular complexity index is 796. The topological polar surface area (TPSA) is 149 Å². The zero-order valence-electron chi connectivity index (χ0n) is 31.4. The van der Waals surface area contributed by atoms with Crippen LogP contribution in [0, 0.1) is 0 Å². The van der Waals surface area contributed by atoms with E-state index in [0.717, 1.165) is 38.5 Å². The Labute approximate surface area is 299 Å². The predicted octanol–water partition coefficient (Wildman–Crippen LogP) is 9.89. The third-order valence-electron chi connectivity index (χ3n) is 8.76. The molecule has 0 aliphatic heterocycles. The number of hydrogen-bond acceptors (Lipinski definition) is 9. The first-order chi connectivity index (χ1) is 23.7. The zero-order valence-corrected chi connectivity index (χ0v) is 32.3. The summed E-state index contributed by atoms with van der Waals surface area (Å²) in [5.74, 6) is -0.913. The summed E-state index contributed by atoms with van der Waals surface area (Å²) in [6.45, 7) is 2.39. The van der Waals surface area contributed by atoms with Gasteiger partial charge in [-0.2, -0.15) is 0 Å². The molecule has 0 radical (unpaired) electrons. The van der Waals surface area contributed by atoms with Crippen molar-refractivity contribution in [3.63, 3.8) is 0 Å². The van der Waals surface area contributed by atoms with Crippen molar-refractivity contribution in [2.24, 2.45) is 0 Å². The monoisotopic (exact) mass is 723 g/mol. The van der Waals surface area contributed by atoms with Crippen LogP contribution in [0.5, 0.6) is 0 Å². The van der Waals surface area contributed by atoms with Crippen LogP contribution in [0.1, 0.15) is 194 Å². The molecule has 10 nitrogen and oxygen atoms in total. The standard InChI is InChI=1S/C38H75O10P/c1-3-5-7-9-11-13-15-17-19-21-23-25-27-29-37(41)45-33-36(34-47-49(43,44)46-32-35(40)31-39)48-38(42)30-28-26-24-22-20-18-16-14-12-10-8-6-4-2/h35-36,39-40H,3-34H2,1-2H3,(H,43,44). The van der Waals surface area contributed by atoms with Gasteiger partial charge in [0.25, 0.3) is 0 Å². The first-order valence-corrected chi connectivity index (χ1v) is 21.5. The Morgan fingerprint density at radius 2 is 0.878 bits per heavy atom. The summed E-state index contributed by atoms with van der Waals surface area (Å²) in [4.78, 5) is 34.8. The van der Waals surface area contributed by atoms with Gasteiger partial charge in [-0.05, 0) is 12.8 Å². The van der Waals surface area contributed by atoms with Gasteiger partial charge in [0.2, 0.25) is 0 Å². The molecule has 0 aliphatic rings. The Morgan fingerprint density at radius 1 is 0.531 bits per heavy atom. The Kier molecular flexibility index (Phi) is 34.6. The molecule has 0 heterocycles. The third-order valence-corrected chi connectivity index (χ3v) is 9.71. The molecular formula is C38H75O10P. The Balaban J connectivity index is 4.31. The molecule has 11 heteroatoms. The molecule has 0 bridgehead atoms. The second-order valence-corrected chi connectivity index (χ2v) is 15.1. The molecule has 49 heavy (non-hydrogen) atoms. The summed E-state index contributed by atoms with van der Waals surface area (Å²) in [6.07, 6.45) is 29.2.